The molecule has 1 aromatic rings. The Labute approximate surface area is 104 Å². The molecule has 94 valence electrons. The number of aryl methyl sites for hydroxylation is 1. The zero-order valence-corrected chi connectivity index (χ0v) is 11.4. The van der Waals surface area contributed by atoms with Crippen LogP contribution >= 0.6 is 0 Å². The molecule has 0 unspecified atom stereocenters. The third-order valence-electron chi connectivity index (χ3n) is 3.37. The van der Waals surface area contributed by atoms with Gasteiger partial charge in [0.1, 0.15) is 5.78 Å². The highest BCUT2D eigenvalue weighted by atomic mass is 16.1. The van der Waals surface area contributed by atoms with Gasteiger partial charge in [-0.3, -0.25) is 0 Å². The van der Waals surface area contributed by atoms with Gasteiger partial charge >= 0.3 is 0 Å². The summed E-state index contributed by atoms with van der Waals surface area (Å²) < 4.78 is 0. The number of carbonyl (C=O) groups excluding carboxylic acids is 1. The largest absolute Gasteiger partial charge is 0.313 e. The lowest BCUT2D eigenvalue weighted by Crippen LogP contribution is -2.16. The lowest BCUT2D eigenvalue weighted by Gasteiger charge is -2.12. The van der Waals surface area contributed by atoms with E-state index in [2.05, 4.69) is 38.2 Å². The Balaban J connectivity index is 2.42. The lowest BCUT2D eigenvalue weighted by molar-refractivity contribution is -0.117. The first-order chi connectivity index (χ1) is 8.02. The number of nitrogens with one attached hydrogen (secondary N) is 1. The molecule has 0 radical (unpaired) electrons. The average Bonchev–Trinajstić information content (AvgIpc) is 2.28. The topological polar surface area (TPSA) is 29.1 Å². The van der Waals surface area contributed by atoms with Crippen molar-refractivity contribution in [1.82, 2.24) is 5.32 Å². The second-order valence-corrected chi connectivity index (χ2v) is 4.77. The minimum atomic E-state index is 0.272. The summed E-state index contributed by atoms with van der Waals surface area (Å²) in [6.07, 6.45) is 1.61. The van der Waals surface area contributed by atoms with E-state index in [9.17, 15) is 4.79 Å². The maximum atomic E-state index is 10.8. The molecule has 0 saturated carbocycles. The van der Waals surface area contributed by atoms with Crippen LogP contribution < -0.4 is 5.32 Å². The Morgan fingerprint density at radius 1 is 1.18 bits per heavy atom. The van der Waals surface area contributed by atoms with Crippen LogP contribution in [0.4, 0.5) is 0 Å². The summed E-state index contributed by atoms with van der Waals surface area (Å²) in [7, 11) is 0. The number of benzene rings is 1. The molecule has 1 aromatic carbocycles. The summed E-state index contributed by atoms with van der Waals surface area (Å²) >= 11 is 0. The summed E-state index contributed by atoms with van der Waals surface area (Å²) in [5, 5.41) is 3.39. The Morgan fingerprint density at radius 3 is 2.53 bits per heavy atom. The summed E-state index contributed by atoms with van der Waals surface area (Å²) in [6, 6.07) is 4.37. The van der Waals surface area contributed by atoms with Gasteiger partial charge in [0.25, 0.3) is 0 Å². The maximum absolute atomic E-state index is 10.8. The van der Waals surface area contributed by atoms with Crippen molar-refractivity contribution in [1.29, 1.82) is 0 Å². The third kappa shape index (κ3) is 4.31. The van der Waals surface area contributed by atoms with Gasteiger partial charge in [-0.2, -0.15) is 0 Å². The van der Waals surface area contributed by atoms with Gasteiger partial charge in [0.05, 0.1) is 0 Å². The van der Waals surface area contributed by atoms with E-state index in [1.807, 2.05) is 0 Å². The normalized spacial score (nSPS) is 10.6. The molecule has 0 aliphatic heterocycles. The van der Waals surface area contributed by atoms with Crippen molar-refractivity contribution in [3.8, 4) is 0 Å². The van der Waals surface area contributed by atoms with Crippen LogP contribution in [-0.4, -0.2) is 12.3 Å². The monoisotopic (exact) mass is 233 g/mol. The molecule has 0 fully saturated rings. The van der Waals surface area contributed by atoms with E-state index in [0.29, 0.717) is 6.42 Å². The van der Waals surface area contributed by atoms with Crippen molar-refractivity contribution in [2.24, 2.45) is 0 Å². The molecule has 0 heterocycles. The van der Waals surface area contributed by atoms with Crippen molar-refractivity contribution in [2.75, 3.05) is 6.54 Å². The molecule has 0 bridgehead atoms. The van der Waals surface area contributed by atoms with Gasteiger partial charge in [0.2, 0.25) is 0 Å². The highest BCUT2D eigenvalue weighted by Gasteiger charge is 2.03. The first kappa shape index (κ1) is 13.9. The van der Waals surface area contributed by atoms with Gasteiger partial charge in [-0.25, -0.2) is 0 Å². The van der Waals surface area contributed by atoms with Gasteiger partial charge in [0, 0.05) is 13.0 Å². The Kier molecular flexibility index (Phi) is 5.36. The van der Waals surface area contributed by atoms with Gasteiger partial charge in [0.15, 0.2) is 0 Å². The molecule has 17 heavy (non-hydrogen) atoms. The van der Waals surface area contributed by atoms with Gasteiger partial charge in [-0.05, 0) is 62.9 Å². The summed E-state index contributed by atoms with van der Waals surface area (Å²) in [5.41, 5.74) is 5.47. The smallest absolute Gasteiger partial charge is 0.129 e. The van der Waals surface area contributed by atoms with E-state index in [4.69, 9.17) is 0 Å². The minimum Gasteiger partial charge on any atom is -0.313 e. The molecule has 0 amide bonds. The standard InChI is InChI=1S/C15H23NO/c1-11-7-8-15(14(4)13(11)3)10-16-9-5-6-12(2)17/h7-8,16H,5-6,9-10H2,1-4H3. The summed E-state index contributed by atoms with van der Waals surface area (Å²) in [5.74, 6) is 0.272. The Morgan fingerprint density at radius 2 is 1.88 bits per heavy atom. The molecular weight excluding hydrogens is 210 g/mol. The number of Topliss-reactive ketones (excluding diaryl/α,β-unsaturated/α-hetero) is 1. The number of carbonyl (C=O) groups is 1. The average molecular weight is 233 g/mol. The van der Waals surface area contributed by atoms with E-state index in [-0.39, 0.29) is 5.78 Å². The van der Waals surface area contributed by atoms with Crippen LogP contribution in [-0.2, 0) is 11.3 Å². The molecular formula is C15H23NO. The van der Waals surface area contributed by atoms with Gasteiger partial charge < -0.3 is 10.1 Å². The molecule has 1 rings (SSSR count). The van der Waals surface area contributed by atoms with E-state index in [1.165, 1.54) is 22.3 Å². The van der Waals surface area contributed by atoms with Crippen LogP contribution in [0, 0.1) is 20.8 Å². The van der Waals surface area contributed by atoms with Gasteiger partial charge in [-0.1, -0.05) is 12.1 Å². The fourth-order valence-corrected chi connectivity index (χ4v) is 1.89. The van der Waals surface area contributed by atoms with E-state index < -0.39 is 0 Å². The third-order valence-corrected chi connectivity index (χ3v) is 3.37. The van der Waals surface area contributed by atoms with Gasteiger partial charge in [-0.15, -0.1) is 0 Å². The molecule has 2 nitrogen and oxygen atoms in total. The van der Waals surface area contributed by atoms with Crippen molar-refractivity contribution < 1.29 is 4.79 Å². The van der Waals surface area contributed by atoms with Crippen LogP contribution in [0.5, 0.6) is 0 Å². The van der Waals surface area contributed by atoms with Crippen molar-refractivity contribution in [3.63, 3.8) is 0 Å². The minimum absolute atomic E-state index is 0.272. The zero-order valence-electron chi connectivity index (χ0n) is 11.4. The highest BCUT2D eigenvalue weighted by Crippen LogP contribution is 2.16. The molecule has 0 atom stereocenters. The van der Waals surface area contributed by atoms with Crippen LogP contribution in [0.15, 0.2) is 12.1 Å². The zero-order chi connectivity index (χ0) is 12.8. The Bertz CT molecular complexity index is 396. The van der Waals surface area contributed by atoms with E-state index in [0.717, 1.165) is 19.5 Å². The molecule has 0 aliphatic carbocycles. The maximum Gasteiger partial charge on any atom is 0.129 e. The second-order valence-electron chi connectivity index (χ2n) is 4.77. The lowest BCUT2D eigenvalue weighted by atomic mass is 9.99. The van der Waals surface area contributed by atoms with Crippen LogP contribution in [0.1, 0.15) is 42.0 Å². The van der Waals surface area contributed by atoms with Crippen molar-refractivity contribution in [3.05, 3.63) is 34.4 Å². The van der Waals surface area contributed by atoms with Crippen molar-refractivity contribution >= 4 is 5.78 Å². The van der Waals surface area contributed by atoms with Crippen LogP contribution in [0.2, 0.25) is 0 Å². The Hall–Kier alpha value is -1.15. The summed E-state index contributed by atoms with van der Waals surface area (Å²) in [4.78, 5) is 10.8. The number of ketones is 1. The summed E-state index contributed by atoms with van der Waals surface area (Å²) in [6.45, 7) is 9.94. The van der Waals surface area contributed by atoms with E-state index in [1.54, 1.807) is 6.92 Å². The van der Waals surface area contributed by atoms with Crippen LogP contribution in [0.3, 0.4) is 0 Å². The predicted molar refractivity (Wildman–Crippen MR) is 72.3 cm³/mol. The molecule has 1 N–H and O–H groups in total. The quantitative estimate of drug-likeness (QED) is 0.765. The van der Waals surface area contributed by atoms with Crippen molar-refractivity contribution in [2.45, 2.75) is 47.1 Å². The van der Waals surface area contributed by atoms with Crippen LogP contribution in [0.25, 0.3) is 0 Å². The number of hydrogen-bond acceptors (Lipinski definition) is 2. The molecule has 0 saturated heterocycles. The highest BCUT2D eigenvalue weighted by molar-refractivity contribution is 5.75. The number of hydrogen-bond donors (Lipinski definition) is 1. The fraction of sp³-hybridized carbons (Fsp3) is 0.533. The van der Waals surface area contributed by atoms with E-state index >= 15 is 0 Å². The molecule has 0 aliphatic rings. The molecule has 2 heteroatoms. The SMILES string of the molecule is CC(=O)CCCNCc1ccc(C)c(C)c1C. The second kappa shape index (κ2) is 6.55. The first-order valence-electron chi connectivity index (χ1n) is 6.28. The first-order valence-corrected chi connectivity index (χ1v) is 6.28. The number of rotatable bonds is 6. The predicted octanol–water partition coefficient (Wildman–Crippen LogP) is 3.07. The molecule has 0 spiro atoms. The molecule has 0 aromatic heterocycles. The fourth-order valence-electron chi connectivity index (χ4n) is 1.89.